The number of anilines is 2. The summed E-state index contributed by atoms with van der Waals surface area (Å²) in [5, 5.41) is 15.6. The number of nitro groups is 1. The second-order valence-corrected chi connectivity index (χ2v) is 13.0. The van der Waals surface area contributed by atoms with E-state index >= 15 is 0 Å². The number of hydrogen-bond acceptors (Lipinski definition) is 9. The molecule has 0 aliphatic carbocycles. The van der Waals surface area contributed by atoms with E-state index in [2.05, 4.69) is 5.32 Å². The summed E-state index contributed by atoms with van der Waals surface area (Å²) >= 11 is 2.05. The van der Waals surface area contributed by atoms with Gasteiger partial charge in [0.25, 0.3) is 5.69 Å². The Morgan fingerprint density at radius 2 is 1.65 bits per heavy atom. The Hall–Kier alpha value is -5.27. The molecular weight excluding hydrogens is 629 g/mol. The van der Waals surface area contributed by atoms with Gasteiger partial charge in [0.15, 0.2) is 0 Å². The first-order chi connectivity index (χ1) is 22.2. The minimum atomic E-state index is -0.897. The number of carbonyl (C=O) groups excluding carboxylic acids is 3. The number of aromatic nitrogens is 1. The van der Waals surface area contributed by atoms with E-state index in [4.69, 9.17) is 4.74 Å². The van der Waals surface area contributed by atoms with Crippen LogP contribution in [0.2, 0.25) is 0 Å². The van der Waals surface area contributed by atoms with Crippen LogP contribution in [0.25, 0.3) is 10.8 Å². The first-order valence-electron chi connectivity index (χ1n) is 14.2. The Morgan fingerprint density at radius 1 is 0.935 bits per heavy atom. The lowest BCUT2D eigenvalue weighted by atomic mass is 9.83. The molecule has 5 aromatic rings. The standard InChI is InChI=1S/C33H24N4O7S2/c1-44-24-14-7-19(8-15-24)26-27-28(31(40)36(30(27)39)22-10-12-23(13-11-22)37(42)43)45-32-29(26)46-33(41)35(32)17-25(38)34-21-9-6-18-4-2-3-5-20(18)16-21/h2-16,26-28H,17H2,1H3,(H,34,38). The van der Waals surface area contributed by atoms with Gasteiger partial charge in [0.1, 0.15) is 17.5 Å². The maximum absolute atomic E-state index is 14.0. The highest BCUT2D eigenvalue weighted by molar-refractivity contribution is 8.00. The number of thioether (sulfide) groups is 1. The molecule has 46 heavy (non-hydrogen) atoms. The predicted molar refractivity (Wildman–Crippen MR) is 175 cm³/mol. The fourth-order valence-corrected chi connectivity index (χ4v) is 8.79. The zero-order valence-corrected chi connectivity index (χ0v) is 25.7. The van der Waals surface area contributed by atoms with Crippen molar-refractivity contribution >= 4 is 68.7 Å². The molecule has 13 heteroatoms. The number of nitrogens with zero attached hydrogens (tertiary/aromatic N) is 3. The second kappa shape index (κ2) is 11.6. The van der Waals surface area contributed by atoms with Crippen molar-refractivity contribution in [1.82, 2.24) is 4.57 Å². The van der Waals surface area contributed by atoms with Gasteiger partial charge in [0.2, 0.25) is 17.7 Å². The number of thiazole rings is 1. The number of fused-ring (bicyclic) bond motifs is 3. The first-order valence-corrected chi connectivity index (χ1v) is 15.9. The molecule has 11 nitrogen and oxygen atoms in total. The van der Waals surface area contributed by atoms with Gasteiger partial charge in [-0.3, -0.25) is 33.9 Å². The largest absolute Gasteiger partial charge is 0.497 e. The Labute approximate surface area is 269 Å². The number of non-ortho nitro benzene ring substituents is 1. The average Bonchev–Trinajstić information content (AvgIpc) is 3.50. The summed E-state index contributed by atoms with van der Waals surface area (Å²) in [4.78, 5) is 66.6. The molecule has 2 aliphatic rings. The Morgan fingerprint density at radius 3 is 2.35 bits per heavy atom. The van der Waals surface area contributed by atoms with E-state index in [1.807, 2.05) is 36.4 Å². The van der Waals surface area contributed by atoms with Crippen LogP contribution in [0.5, 0.6) is 5.75 Å². The molecule has 3 unspecified atom stereocenters. The van der Waals surface area contributed by atoms with Gasteiger partial charge in [-0.25, -0.2) is 4.90 Å². The second-order valence-electron chi connectivity index (χ2n) is 10.8. The maximum Gasteiger partial charge on any atom is 0.308 e. The Balaban J connectivity index is 1.25. The summed E-state index contributed by atoms with van der Waals surface area (Å²) in [6, 6.07) is 25.6. The van der Waals surface area contributed by atoms with Gasteiger partial charge in [-0.2, -0.15) is 0 Å². The molecule has 1 saturated heterocycles. The van der Waals surface area contributed by atoms with Crippen molar-refractivity contribution in [3.05, 3.63) is 121 Å². The highest BCUT2D eigenvalue weighted by Crippen LogP contribution is 2.54. The fourth-order valence-electron chi connectivity index (χ4n) is 6.01. The fraction of sp³-hybridized carbons (Fsp3) is 0.152. The number of nitrogens with one attached hydrogen (secondary N) is 1. The van der Waals surface area contributed by atoms with Gasteiger partial charge >= 0.3 is 4.87 Å². The van der Waals surface area contributed by atoms with Crippen LogP contribution in [-0.2, 0) is 20.9 Å². The molecule has 4 aromatic carbocycles. The van der Waals surface area contributed by atoms with Gasteiger partial charge in [-0.15, -0.1) is 0 Å². The lowest BCUT2D eigenvalue weighted by molar-refractivity contribution is -0.384. The molecule has 7 rings (SSSR count). The normalized spacial score (nSPS) is 18.7. The number of benzene rings is 4. The monoisotopic (exact) mass is 652 g/mol. The highest BCUT2D eigenvalue weighted by atomic mass is 32.2. The Kier molecular flexibility index (Phi) is 7.41. The molecule has 0 bridgehead atoms. The molecule has 1 aromatic heterocycles. The minimum Gasteiger partial charge on any atom is -0.497 e. The summed E-state index contributed by atoms with van der Waals surface area (Å²) in [5.74, 6) is -2.29. The number of nitro benzene ring substituents is 1. The highest BCUT2D eigenvalue weighted by Gasteiger charge is 2.56. The van der Waals surface area contributed by atoms with E-state index in [-0.39, 0.29) is 22.8 Å². The number of carbonyl (C=O) groups is 3. The van der Waals surface area contributed by atoms with Crippen LogP contribution in [0.15, 0.2) is 101 Å². The third-order valence-electron chi connectivity index (χ3n) is 8.18. The van der Waals surface area contributed by atoms with E-state index < -0.39 is 39.7 Å². The van der Waals surface area contributed by atoms with Gasteiger partial charge in [0, 0.05) is 28.6 Å². The number of methoxy groups -OCH3 is 1. The molecule has 230 valence electrons. The summed E-state index contributed by atoms with van der Waals surface area (Å²) < 4.78 is 6.68. The maximum atomic E-state index is 14.0. The van der Waals surface area contributed by atoms with Crippen LogP contribution < -0.4 is 19.8 Å². The first kappa shape index (κ1) is 29.4. The van der Waals surface area contributed by atoms with Gasteiger partial charge in [-0.1, -0.05) is 65.6 Å². The van der Waals surface area contributed by atoms with Crippen molar-refractivity contribution in [2.75, 3.05) is 17.3 Å². The minimum absolute atomic E-state index is 0.168. The number of amides is 3. The molecule has 1 fully saturated rings. The van der Waals surface area contributed by atoms with Crippen molar-refractivity contribution in [2.24, 2.45) is 5.92 Å². The molecule has 0 spiro atoms. The SMILES string of the molecule is COc1ccc(C2c3sc(=O)n(CC(=O)Nc4ccc5ccccc5c4)c3SC3C(=O)N(c4ccc([N+](=O)[O-])cc4)C(=O)C32)cc1. The van der Waals surface area contributed by atoms with E-state index in [1.54, 1.807) is 30.3 Å². The molecule has 3 atom stereocenters. The zero-order chi connectivity index (χ0) is 32.1. The molecular formula is C33H24N4O7S2. The van der Waals surface area contributed by atoms with Crippen molar-refractivity contribution in [3.63, 3.8) is 0 Å². The van der Waals surface area contributed by atoms with Crippen LogP contribution in [0.3, 0.4) is 0 Å². The zero-order valence-electron chi connectivity index (χ0n) is 24.1. The van der Waals surface area contributed by atoms with Crippen LogP contribution in [-0.4, -0.2) is 39.6 Å². The van der Waals surface area contributed by atoms with Crippen LogP contribution in [0, 0.1) is 16.0 Å². The van der Waals surface area contributed by atoms with E-state index in [1.165, 1.54) is 35.9 Å². The topological polar surface area (TPSA) is 141 Å². The van der Waals surface area contributed by atoms with Crippen LogP contribution in [0.4, 0.5) is 17.1 Å². The van der Waals surface area contributed by atoms with Crippen molar-refractivity contribution in [2.45, 2.75) is 22.7 Å². The molecule has 0 saturated carbocycles. The lowest BCUT2D eigenvalue weighted by Crippen LogP contribution is -2.33. The summed E-state index contributed by atoms with van der Waals surface area (Å²) in [5.41, 5.74) is 1.34. The Bertz CT molecular complexity index is 2110. The number of imide groups is 1. The summed E-state index contributed by atoms with van der Waals surface area (Å²) in [6.07, 6.45) is 0. The van der Waals surface area contributed by atoms with Crippen molar-refractivity contribution in [3.8, 4) is 5.75 Å². The molecule has 3 heterocycles. The molecule has 1 N–H and O–H groups in total. The van der Waals surface area contributed by atoms with Crippen molar-refractivity contribution < 1.29 is 24.0 Å². The van der Waals surface area contributed by atoms with Crippen LogP contribution >= 0.6 is 23.1 Å². The smallest absolute Gasteiger partial charge is 0.308 e. The predicted octanol–water partition coefficient (Wildman–Crippen LogP) is 5.41. The number of ether oxygens (including phenoxy) is 1. The number of hydrogen-bond donors (Lipinski definition) is 1. The summed E-state index contributed by atoms with van der Waals surface area (Å²) in [6.45, 7) is -0.286. The van der Waals surface area contributed by atoms with Gasteiger partial charge < -0.3 is 10.1 Å². The summed E-state index contributed by atoms with van der Waals surface area (Å²) in [7, 11) is 1.54. The quantitative estimate of drug-likeness (QED) is 0.140. The van der Waals surface area contributed by atoms with Gasteiger partial charge in [-0.05, 0) is 52.7 Å². The number of rotatable bonds is 7. The van der Waals surface area contributed by atoms with Crippen LogP contribution in [0.1, 0.15) is 16.4 Å². The molecule has 2 aliphatic heterocycles. The third-order valence-corrected chi connectivity index (χ3v) is 10.8. The van der Waals surface area contributed by atoms with E-state index in [0.717, 1.165) is 38.8 Å². The molecule has 0 radical (unpaired) electrons. The molecule has 3 amide bonds. The van der Waals surface area contributed by atoms with Gasteiger partial charge in [0.05, 0.1) is 28.7 Å². The van der Waals surface area contributed by atoms with Crippen molar-refractivity contribution in [1.29, 1.82) is 0 Å². The third kappa shape index (κ3) is 5.03. The lowest BCUT2D eigenvalue weighted by Gasteiger charge is -2.30. The van der Waals surface area contributed by atoms with E-state index in [9.17, 15) is 29.3 Å². The van der Waals surface area contributed by atoms with E-state index in [0.29, 0.717) is 26.9 Å². The average molecular weight is 653 g/mol.